The third-order valence-electron chi connectivity index (χ3n) is 4.55. The van der Waals surface area contributed by atoms with Crippen molar-refractivity contribution in [2.24, 2.45) is 11.3 Å². The van der Waals surface area contributed by atoms with E-state index in [9.17, 15) is 4.79 Å². The molecular weight excluding hydrogens is 250 g/mol. The fourth-order valence-corrected chi connectivity index (χ4v) is 2.77. The maximum Gasteiger partial charge on any atom is 0.258 e. The average molecular weight is 271 g/mol. The first-order chi connectivity index (χ1) is 9.61. The van der Waals surface area contributed by atoms with Gasteiger partial charge in [-0.25, -0.2) is 4.98 Å². The van der Waals surface area contributed by atoms with E-state index in [0.29, 0.717) is 29.1 Å². The summed E-state index contributed by atoms with van der Waals surface area (Å²) >= 11 is 0. The number of nitrogens with zero attached hydrogens (tertiary/aromatic N) is 1. The number of benzene rings is 1. The number of H-pyrrole nitrogens is 1. The Kier molecular flexibility index (Phi) is 3.34. The summed E-state index contributed by atoms with van der Waals surface area (Å²) in [6.45, 7) is 6.19. The first-order valence-electron chi connectivity index (χ1n) is 7.29. The highest BCUT2D eigenvalue weighted by atomic mass is 16.1. The minimum atomic E-state index is -0.0580. The molecule has 106 valence electrons. The number of fused-ring (bicyclic) bond motifs is 1. The van der Waals surface area contributed by atoms with Gasteiger partial charge in [0.15, 0.2) is 0 Å². The van der Waals surface area contributed by atoms with Gasteiger partial charge >= 0.3 is 0 Å². The molecule has 0 spiro atoms. The highest BCUT2D eigenvalue weighted by molar-refractivity contribution is 5.77. The van der Waals surface area contributed by atoms with E-state index >= 15 is 0 Å². The lowest BCUT2D eigenvalue weighted by atomic mass is 9.92. The van der Waals surface area contributed by atoms with Crippen LogP contribution in [0.2, 0.25) is 0 Å². The molecule has 1 aromatic carbocycles. The fraction of sp³-hybridized carbons (Fsp3) is 0.500. The van der Waals surface area contributed by atoms with Crippen LogP contribution in [0.1, 0.15) is 32.5 Å². The molecule has 4 nitrogen and oxygen atoms in total. The van der Waals surface area contributed by atoms with Crippen molar-refractivity contribution in [2.45, 2.75) is 33.2 Å². The predicted octanol–water partition coefficient (Wildman–Crippen LogP) is 2.45. The van der Waals surface area contributed by atoms with E-state index in [4.69, 9.17) is 0 Å². The minimum Gasteiger partial charge on any atom is -0.309 e. The molecule has 0 radical (unpaired) electrons. The van der Waals surface area contributed by atoms with Crippen molar-refractivity contribution in [1.82, 2.24) is 15.3 Å². The summed E-state index contributed by atoms with van der Waals surface area (Å²) in [5.41, 5.74) is 1.17. The van der Waals surface area contributed by atoms with Crippen LogP contribution in [0.3, 0.4) is 0 Å². The second-order valence-corrected chi connectivity index (χ2v) is 6.15. The molecule has 2 aromatic rings. The summed E-state index contributed by atoms with van der Waals surface area (Å²) in [7, 11) is 0. The Hall–Kier alpha value is -1.68. The van der Waals surface area contributed by atoms with Gasteiger partial charge in [-0.05, 0) is 36.3 Å². The molecule has 20 heavy (non-hydrogen) atoms. The number of nitrogens with one attached hydrogen (secondary N) is 2. The third-order valence-corrected chi connectivity index (χ3v) is 4.55. The summed E-state index contributed by atoms with van der Waals surface area (Å²) < 4.78 is 0. The number of hydrogen-bond acceptors (Lipinski definition) is 3. The molecule has 0 amide bonds. The summed E-state index contributed by atoms with van der Waals surface area (Å²) in [6, 6.07) is 7.45. The number of aromatic amines is 1. The van der Waals surface area contributed by atoms with Gasteiger partial charge in [0.05, 0.1) is 17.4 Å². The van der Waals surface area contributed by atoms with Crippen molar-refractivity contribution in [3.63, 3.8) is 0 Å². The molecule has 0 bridgehead atoms. The van der Waals surface area contributed by atoms with Gasteiger partial charge in [-0.3, -0.25) is 4.79 Å². The van der Waals surface area contributed by atoms with Crippen LogP contribution in [0.4, 0.5) is 0 Å². The Labute approximate surface area is 118 Å². The van der Waals surface area contributed by atoms with E-state index < -0.39 is 0 Å². The lowest BCUT2D eigenvalue weighted by Crippen LogP contribution is -2.28. The Morgan fingerprint density at radius 2 is 2.10 bits per heavy atom. The van der Waals surface area contributed by atoms with Crippen LogP contribution in [-0.2, 0) is 6.54 Å². The highest BCUT2D eigenvalue weighted by Crippen LogP contribution is 2.51. The van der Waals surface area contributed by atoms with Gasteiger partial charge in [0.1, 0.15) is 5.82 Å². The van der Waals surface area contributed by atoms with E-state index in [1.807, 2.05) is 18.2 Å². The van der Waals surface area contributed by atoms with Crippen LogP contribution >= 0.6 is 0 Å². The van der Waals surface area contributed by atoms with Crippen LogP contribution in [0.15, 0.2) is 29.1 Å². The Balaban J connectivity index is 1.71. The first kappa shape index (κ1) is 13.3. The molecular formula is C16H21N3O. The third kappa shape index (κ3) is 2.48. The Morgan fingerprint density at radius 1 is 1.35 bits per heavy atom. The standard InChI is InChI=1S/C16H21N3O/c1-11(2)16(7-8-16)10-17-9-14-18-13-6-4-3-5-12(13)15(20)19-14/h3-6,11,17H,7-10H2,1-2H3,(H,18,19,20). The molecule has 0 aliphatic heterocycles. The van der Waals surface area contributed by atoms with Crippen LogP contribution in [0, 0.1) is 11.3 Å². The van der Waals surface area contributed by atoms with Crippen molar-refractivity contribution >= 4 is 10.9 Å². The SMILES string of the molecule is CC(C)C1(CNCc2nc3ccccc3c(=O)[nH]2)CC1. The summed E-state index contributed by atoms with van der Waals surface area (Å²) in [5, 5.41) is 4.10. The lowest BCUT2D eigenvalue weighted by molar-refractivity contribution is 0.336. The van der Waals surface area contributed by atoms with E-state index in [2.05, 4.69) is 29.1 Å². The molecule has 1 aliphatic rings. The van der Waals surface area contributed by atoms with E-state index in [1.165, 1.54) is 12.8 Å². The van der Waals surface area contributed by atoms with Crippen molar-refractivity contribution in [2.75, 3.05) is 6.54 Å². The van der Waals surface area contributed by atoms with E-state index in [1.54, 1.807) is 6.07 Å². The number of hydrogen-bond donors (Lipinski definition) is 2. The molecule has 0 atom stereocenters. The second kappa shape index (κ2) is 5.02. The number of para-hydroxylation sites is 1. The molecule has 2 N–H and O–H groups in total. The Bertz CT molecular complexity index is 671. The molecule has 1 aromatic heterocycles. The van der Waals surface area contributed by atoms with Crippen molar-refractivity contribution < 1.29 is 0 Å². The maximum absolute atomic E-state index is 12.0. The predicted molar refractivity (Wildman–Crippen MR) is 80.6 cm³/mol. The molecule has 3 rings (SSSR count). The van der Waals surface area contributed by atoms with Crippen LogP contribution < -0.4 is 10.9 Å². The fourth-order valence-electron chi connectivity index (χ4n) is 2.77. The molecule has 1 aliphatic carbocycles. The molecule has 1 heterocycles. The second-order valence-electron chi connectivity index (χ2n) is 6.15. The molecule has 4 heteroatoms. The topological polar surface area (TPSA) is 57.8 Å². The maximum atomic E-state index is 12.0. The van der Waals surface area contributed by atoms with Crippen LogP contribution in [0.25, 0.3) is 10.9 Å². The van der Waals surface area contributed by atoms with Gasteiger partial charge in [0.25, 0.3) is 5.56 Å². The normalized spacial score (nSPS) is 16.8. The molecule has 0 unspecified atom stereocenters. The van der Waals surface area contributed by atoms with Gasteiger partial charge in [-0.15, -0.1) is 0 Å². The van der Waals surface area contributed by atoms with Crippen molar-refractivity contribution in [3.05, 3.63) is 40.4 Å². The molecule has 1 fully saturated rings. The molecule has 1 saturated carbocycles. The van der Waals surface area contributed by atoms with Gasteiger partial charge in [-0.1, -0.05) is 26.0 Å². The number of aromatic nitrogens is 2. The van der Waals surface area contributed by atoms with Gasteiger partial charge in [0, 0.05) is 6.54 Å². The average Bonchev–Trinajstić information content (AvgIpc) is 3.20. The summed E-state index contributed by atoms with van der Waals surface area (Å²) in [6.07, 6.45) is 2.61. The zero-order valence-electron chi connectivity index (χ0n) is 12.1. The summed E-state index contributed by atoms with van der Waals surface area (Å²) in [4.78, 5) is 19.3. The van der Waals surface area contributed by atoms with Crippen LogP contribution in [0.5, 0.6) is 0 Å². The van der Waals surface area contributed by atoms with Gasteiger partial charge in [0.2, 0.25) is 0 Å². The van der Waals surface area contributed by atoms with Gasteiger partial charge < -0.3 is 10.3 Å². The summed E-state index contributed by atoms with van der Waals surface area (Å²) in [5.74, 6) is 1.42. The van der Waals surface area contributed by atoms with Crippen LogP contribution in [-0.4, -0.2) is 16.5 Å². The molecule has 0 saturated heterocycles. The van der Waals surface area contributed by atoms with E-state index in [0.717, 1.165) is 12.1 Å². The van der Waals surface area contributed by atoms with Crippen molar-refractivity contribution in [3.8, 4) is 0 Å². The van der Waals surface area contributed by atoms with Crippen molar-refractivity contribution in [1.29, 1.82) is 0 Å². The van der Waals surface area contributed by atoms with Gasteiger partial charge in [-0.2, -0.15) is 0 Å². The zero-order valence-corrected chi connectivity index (χ0v) is 12.1. The first-order valence-corrected chi connectivity index (χ1v) is 7.29. The largest absolute Gasteiger partial charge is 0.309 e. The number of rotatable bonds is 5. The minimum absolute atomic E-state index is 0.0580. The lowest BCUT2D eigenvalue weighted by Gasteiger charge is -2.19. The Morgan fingerprint density at radius 3 is 2.80 bits per heavy atom. The highest BCUT2D eigenvalue weighted by Gasteiger charge is 2.44. The van der Waals surface area contributed by atoms with E-state index in [-0.39, 0.29) is 5.56 Å². The monoisotopic (exact) mass is 271 g/mol. The smallest absolute Gasteiger partial charge is 0.258 e. The quantitative estimate of drug-likeness (QED) is 0.878. The zero-order chi connectivity index (χ0) is 14.2.